The van der Waals surface area contributed by atoms with E-state index >= 15 is 0 Å². The van der Waals surface area contributed by atoms with Gasteiger partial charge in [0.05, 0.1) is 0 Å². The molecule has 0 aliphatic rings. The standard InChI is InChI=1S/C34H54O4S.Na/c1-4-7-9-11-13-15-17-20-30-22-26-32(27-23-30)37-34(19-6-3)39(35,36)38-33-28-24-31(25-29-33)21-18-16-14-12-10-8-5-2;/h22-29,34H,4-21H2,1-3H3;/q;+1. The fourth-order valence-corrected chi connectivity index (χ4v) is 6.10. The van der Waals surface area contributed by atoms with Crippen molar-refractivity contribution in [2.24, 2.45) is 0 Å². The normalized spacial score (nSPS) is 12.1. The van der Waals surface area contributed by atoms with Crippen LogP contribution in [0.5, 0.6) is 11.5 Å². The summed E-state index contributed by atoms with van der Waals surface area (Å²) < 4.78 is 37.6. The van der Waals surface area contributed by atoms with E-state index < -0.39 is 15.6 Å². The second-order valence-corrected chi connectivity index (χ2v) is 12.6. The van der Waals surface area contributed by atoms with Crippen molar-refractivity contribution >= 4 is 10.1 Å². The monoisotopic (exact) mass is 581 g/mol. The molecule has 2 rings (SSSR count). The molecule has 2 aromatic carbocycles. The van der Waals surface area contributed by atoms with Gasteiger partial charge in [-0.2, -0.15) is 8.42 Å². The van der Waals surface area contributed by atoms with Gasteiger partial charge in [-0.3, -0.25) is 0 Å². The minimum absolute atomic E-state index is 0. The van der Waals surface area contributed by atoms with Gasteiger partial charge in [-0.1, -0.05) is 129 Å². The topological polar surface area (TPSA) is 52.6 Å². The van der Waals surface area contributed by atoms with Gasteiger partial charge in [-0.15, -0.1) is 0 Å². The third kappa shape index (κ3) is 15.8. The summed E-state index contributed by atoms with van der Waals surface area (Å²) in [5.41, 5.74) is 1.44. The van der Waals surface area contributed by atoms with Crippen molar-refractivity contribution in [3.05, 3.63) is 59.7 Å². The minimum Gasteiger partial charge on any atom is -0.471 e. The van der Waals surface area contributed by atoms with Gasteiger partial charge in [0.2, 0.25) is 5.44 Å². The number of hydrogen-bond donors (Lipinski definition) is 0. The molecule has 1 atom stereocenters. The molecule has 0 bridgehead atoms. The zero-order valence-corrected chi connectivity index (χ0v) is 28.8. The average molecular weight is 582 g/mol. The summed E-state index contributed by atoms with van der Waals surface area (Å²) >= 11 is 0. The van der Waals surface area contributed by atoms with Crippen LogP contribution in [-0.4, -0.2) is 13.9 Å². The predicted molar refractivity (Wildman–Crippen MR) is 165 cm³/mol. The Balaban J connectivity index is 0.00000800. The molecule has 40 heavy (non-hydrogen) atoms. The number of rotatable bonds is 23. The average Bonchev–Trinajstić information content (AvgIpc) is 2.93. The van der Waals surface area contributed by atoms with Crippen LogP contribution in [-0.2, 0) is 23.0 Å². The molecule has 0 heterocycles. The van der Waals surface area contributed by atoms with E-state index in [0.717, 1.165) is 19.3 Å². The SMILES string of the molecule is CCCCCCCCCc1ccc(OC(CCC)S(=O)(=O)Oc2ccc(CCCCCCCCC)cc2)cc1.[Na+]. The van der Waals surface area contributed by atoms with Crippen LogP contribution in [0.1, 0.15) is 135 Å². The maximum Gasteiger partial charge on any atom is 1.00 e. The molecule has 0 aromatic heterocycles. The second-order valence-electron chi connectivity index (χ2n) is 10.9. The molecular weight excluding hydrogens is 527 g/mol. The summed E-state index contributed by atoms with van der Waals surface area (Å²) in [7, 11) is -3.94. The molecule has 0 aliphatic carbocycles. The predicted octanol–water partition coefficient (Wildman–Crippen LogP) is 7.19. The van der Waals surface area contributed by atoms with Gasteiger partial charge in [-0.05, 0) is 61.1 Å². The quantitative estimate of drug-likeness (QED) is 0.0792. The number of hydrogen-bond acceptors (Lipinski definition) is 4. The Morgan fingerprint density at radius 2 is 0.950 bits per heavy atom. The van der Waals surface area contributed by atoms with Crippen LogP contribution in [0, 0.1) is 0 Å². The molecular formula is C34H54NaO4S+. The molecule has 0 N–H and O–H groups in total. The molecule has 220 valence electrons. The third-order valence-corrected chi connectivity index (χ3v) is 8.71. The molecule has 6 heteroatoms. The Morgan fingerprint density at radius 3 is 1.38 bits per heavy atom. The number of aryl methyl sites for hydroxylation is 2. The second kappa shape index (κ2) is 22.6. The Bertz CT molecular complexity index is 974. The summed E-state index contributed by atoms with van der Waals surface area (Å²) in [5, 5.41) is 0. The first-order valence-corrected chi connectivity index (χ1v) is 17.2. The van der Waals surface area contributed by atoms with E-state index in [9.17, 15) is 8.42 Å². The van der Waals surface area contributed by atoms with E-state index in [-0.39, 0.29) is 29.6 Å². The van der Waals surface area contributed by atoms with Crippen LogP contribution >= 0.6 is 0 Å². The first kappa shape index (κ1) is 37.0. The molecule has 0 amide bonds. The molecule has 0 saturated carbocycles. The zero-order chi connectivity index (χ0) is 28.2. The minimum atomic E-state index is -3.94. The van der Waals surface area contributed by atoms with Crippen LogP contribution in [0.15, 0.2) is 48.5 Å². The Morgan fingerprint density at radius 1 is 0.550 bits per heavy atom. The van der Waals surface area contributed by atoms with Crippen molar-refractivity contribution in [2.45, 2.75) is 142 Å². The maximum atomic E-state index is 13.1. The first-order valence-electron chi connectivity index (χ1n) is 15.8. The van der Waals surface area contributed by atoms with Gasteiger partial charge in [0, 0.05) is 6.42 Å². The van der Waals surface area contributed by atoms with Gasteiger partial charge in [0.25, 0.3) is 0 Å². The fourth-order valence-electron chi connectivity index (χ4n) is 4.86. The van der Waals surface area contributed by atoms with Crippen molar-refractivity contribution < 1.29 is 46.9 Å². The van der Waals surface area contributed by atoms with Crippen molar-refractivity contribution in [1.29, 1.82) is 0 Å². The van der Waals surface area contributed by atoms with E-state index in [1.54, 1.807) is 12.1 Å². The summed E-state index contributed by atoms with van der Waals surface area (Å²) in [5.74, 6) is 0.905. The molecule has 0 radical (unpaired) electrons. The molecule has 1 unspecified atom stereocenters. The first-order chi connectivity index (χ1) is 19.0. The zero-order valence-electron chi connectivity index (χ0n) is 26.0. The van der Waals surface area contributed by atoms with Crippen molar-refractivity contribution in [2.75, 3.05) is 0 Å². The van der Waals surface area contributed by atoms with Crippen LogP contribution < -0.4 is 38.5 Å². The van der Waals surface area contributed by atoms with Crippen LogP contribution in [0.25, 0.3) is 0 Å². The molecule has 0 aliphatic heterocycles. The largest absolute Gasteiger partial charge is 1.00 e. The molecule has 2 aromatic rings. The molecule has 0 saturated heterocycles. The van der Waals surface area contributed by atoms with Crippen LogP contribution in [0.2, 0.25) is 0 Å². The van der Waals surface area contributed by atoms with Gasteiger partial charge in [-0.25, -0.2) is 0 Å². The molecule has 4 nitrogen and oxygen atoms in total. The van der Waals surface area contributed by atoms with E-state index in [4.69, 9.17) is 8.92 Å². The Hall–Kier alpha value is -1.01. The number of benzene rings is 2. The van der Waals surface area contributed by atoms with Crippen molar-refractivity contribution in [1.82, 2.24) is 0 Å². The Kier molecular flexibility index (Phi) is 20.9. The summed E-state index contributed by atoms with van der Waals surface area (Å²) in [6, 6.07) is 15.3. The van der Waals surface area contributed by atoms with Gasteiger partial charge < -0.3 is 8.92 Å². The number of unbranched alkanes of at least 4 members (excludes halogenated alkanes) is 12. The summed E-state index contributed by atoms with van der Waals surface area (Å²) in [6.07, 6.45) is 21.1. The number of ether oxygens (including phenoxy) is 1. The van der Waals surface area contributed by atoms with E-state index in [2.05, 4.69) is 13.8 Å². The molecule has 0 spiro atoms. The Labute approximate surface area is 268 Å². The fraction of sp³-hybridized carbons (Fsp3) is 0.647. The van der Waals surface area contributed by atoms with E-state index in [1.807, 2.05) is 43.3 Å². The van der Waals surface area contributed by atoms with Gasteiger partial charge >= 0.3 is 39.7 Å². The maximum absolute atomic E-state index is 13.1. The van der Waals surface area contributed by atoms with E-state index in [0.29, 0.717) is 24.3 Å². The summed E-state index contributed by atoms with van der Waals surface area (Å²) in [6.45, 7) is 6.44. The third-order valence-electron chi connectivity index (χ3n) is 7.31. The van der Waals surface area contributed by atoms with Gasteiger partial charge in [0.1, 0.15) is 11.5 Å². The smallest absolute Gasteiger partial charge is 0.471 e. The molecule has 0 fully saturated rings. The van der Waals surface area contributed by atoms with Crippen molar-refractivity contribution in [3.8, 4) is 11.5 Å². The van der Waals surface area contributed by atoms with Crippen LogP contribution in [0.3, 0.4) is 0 Å². The van der Waals surface area contributed by atoms with Crippen molar-refractivity contribution in [3.63, 3.8) is 0 Å². The van der Waals surface area contributed by atoms with Gasteiger partial charge in [0.15, 0.2) is 0 Å². The van der Waals surface area contributed by atoms with E-state index in [1.165, 1.54) is 94.6 Å². The van der Waals surface area contributed by atoms with Crippen LogP contribution in [0.4, 0.5) is 0 Å². The summed E-state index contributed by atoms with van der Waals surface area (Å²) in [4.78, 5) is 0.